The number of fused-ring (bicyclic) bond motifs is 1. The van der Waals surface area contributed by atoms with E-state index in [1.807, 2.05) is 32.0 Å². The van der Waals surface area contributed by atoms with E-state index in [1.165, 1.54) is 7.11 Å². The molecule has 2 aromatic carbocycles. The van der Waals surface area contributed by atoms with E-state index in [0.717, 1.165) is 22.1 Å². The summed E-state index contributed by atoms with van der Waals surface area (Å²) < 4.78 is 16.5. The molecule has 2 heterocycles. The first-order valence-electron chi connectivity index (χ1n) is 10.2. The molecule has 0 bridgehead atoms. The maximum atomic E-state index is 13.1. The van der Waals surface area contributed by atoms with Gasteiger partial charge in [-0.25, -0.2) is 0 Å². The van der Waals surface area contributed by atoms with Crippen LogP contribution < -0.4 is 9.47 Å². The predicted octanol–water partition coefficient (Wildman–Crippen LogP) is 3.67. The summed E-state index contributed by atoms with van der Waals surface area (Å²) >= 11 is 0. The Bertz CT molecular complexity index is 1140. The average molecular weight is 422 g/mol. The highest BCUT2D eigenvalue weighted by molar-refractivity contribution is 6.00. The van der Waals surface area contributed by atoms with Crippen LogP contribution >= 0.6 is 0 Å². The number of furan rings is 1. The zero-order chi connectivity index (χ0) is 22.1. The monoisotopic (exact) mass is 422 g/mol. The molecular formula is C24H26N2O5. The normalized spacial score (nSPS) is 14.1. The van der Waals surface area contributed by atoms with Crippen LogP contribution in [0.4, 0.5) is 0 Å². The summed E-state index contributed by atoms with van der Waals surface area (Å²) in [5.41, 5.74) is 3.09. The van der Waals surface area contributed by atoms with Crippen molar-refractivity contribution < 1.29 is 23.5 Å². The minimum Gasteiger partial charge on any atom is -0.497 e. The van der Waals surface area contributed by atoms with Crippen molar-refractivity contribution in [2.24, 2.45) is 0 Å². The molecule has 1 aliphatic heterocycles. The minimum absolute atomic E-state index is 0.123. The molecule has 0 saturated carbocycles. The van der Waals surface area contributed by atoms with E-state index in [4.69, 9.17) is 13.9 Å². The van der Waals surface area contributed by atoms with Crippen molar-refractivity contribution in [1.29, 1.82) is 0 Å². The van der Waals surface area contributed by atoms with Crippen LogP contribution in [0, 0.1) is 13.8 Å². The lowest BCUT2D eigenvalue weighted by Gasteiger charge is -2.34. The van der Waals surface area contributed by atoms with Crippen molar-refractivity contribution in [2.45, 2.75) is 13.8 Å². The van der Waals surface area contributed by atoms with Crippen LogP contribution in [0.2, 0.25) is 0 Å². The summed E-state index contributed by atoms with van der Waals surface area (Å²) in [5.74, 6) is 1.21. The largest absolute Gasteiger partial charge is 0.497 e. The van der Waals surface area contributed by atoms with Crippen molar-refractivity contribution in [3.63, 3.8) is 0 Å². The fourth-order valence-electron chi connectivity index (χ4n) is 3.99. The van der Waals surface area contributed by atoms with Gasteiger partial charge in [0.2, 0.25) is 0 Å². The van der Waals surface area contributed by atoms with Crippen LogP contribution in [-0.4, -0.2) is 62.0 Å². The molecule has 1 aromatic heterocycles. The van der Waals surface area contributed by atoms with Crippen LogP contribution in [-0.2, 0) is 0 Å². The minimum atomic E-state index is -0.137. The quantitative estimate of drug-likeness (QED) is 0.642. The molecule has 1 fully saturated rings. The van der Waals surface area contributed by atoms with Crippen LogP contribution in [0.3, 0.4) is 0 Å². The third-order valence-electron chi connectivity index (χ3n) is 5.85. The van der Waals surface area contributed by atoms with E-state index in [2.05, 4.69) is 0 Å². The number of aryl methyl sites for hydroxylation is 2. The van der Waals surface area contributed by atoms with Crippen molar-refractivity contribution in [3.8, 4) is 11.5 Å². The van der Waals surface area contributed by atoms with Crippen LogP contribution in [0.1, 0.15) is 32.0 Å². The highest BCUT2D eigenvalue weighted by atomic mass is 16.5. The number of ether oxygens (including phenoxy) is 2. The Labute approximate surface area is 181 Å². The summed E-state index contributed by atoms with van der Waals surface area (Å²) in [4.78, 5) is 29.6. The third kappa shape index (κ3) is 3.71. The van der Waals surface area contributed by atoms with Crippen molar-refractivity contribution in [1.82, 2.24) is 9.80 Å². The number of hydrogen-bond donors (Lipinski definition) is 0. The van der Waals surface area contributed by atoms with E-state index >= 15 is 0 Å². The second kappa shape index (κ2) is 8.34. The Balaban J connectivity index is 1.48. The lowest BCUT2D eigenvalue weighted by molar-refractivity contribution is 0.0517. The number of para-hydroxylation sites is 1. The van der Waals surface area contributed by atoms with Gasteiger partial charge in [0.25, 0.3) is 11.8 Å². The number of nitrogens with zero attached hydrogens (tertiary/aromatic N) is 2. The number of rotatable bonds is 4. The Kier molecular flexibility index (Phi) is 5.59. The van der Waals surface area contributed by atoms with Crippen LogP contribution in [0.25, 0.3) is 11.0 Å². The number of hydrogen-bond acceptors (Lipinski definition) is 5. The molecule has 0 atom stereocenters. The Morgan fingerprint density at radius 1 is 0.903 bits per heavy atom. The lowest BCUT2D eigenvalue weighted by atomic mass is 10.1. The van der Waals surface area contributed by atoms with Gasteiger partial charge < -0.3 is 23.7 Å². The molecule has 0 spiro atoms. The number of carbonyl (C=O) groups is 2. The van der Waals surface area contributed by atoms with Gasteiger partial charge in [0.15, 0.2) is 5.76 Å². The summed E-state index contributed by atoms with van der Waals surface area (Å²) in [7, 11) is 3.09. The van der Waals surface area contributed by atoms with Crippen molar-refractivity contribution >= 4 is 22.8 Å². The number of methoxy groups -OCH3 is 2. The topological polar surface area (TPSA) is 72.2 Å². The molecular weight excluding hydrogens is 396 g/mol. The average Bonchev–Trinajstić information content (AvgIpc) is 3.15. The zero-order valence-corrected chi connectivity index (χ0v) is 18.2. The Morgan fingerprint density at radius 2 is 1.58 bits per heavy atom. The molecule has 0 aliphatic carbocycles. The van der Waals surface area contributed by atoms with Gasteiger partial charge in [-0.1, -0.05) is 18.2 Å². The van der Waals surface area contributed by atoms with E-state index < -0.39 is 0 Å². The van der Waals surface area contributed by atoms with Gasteiger partial charge in [0.1, 0.15) is 17.1 Å². The standard InChI is InChI=1S/C24H26N2O5/c1-15-6-5-7-18-16(2)22(31-21(15)18)24(28)26-12-10-25(11-13-26)23(27)19-9-8-17(29-3)14-20(19)30-4/h5-9,14H,10-13H2,1-4H3. The first-order chi connectivity index (χ1) is 14.9. The smallest absolute Gasteiger partial charge is 0.290 e. The molecule has 0 N–H and O–H groups in total. The fraction of sp³-hybridized carbons (Fsp3) is 0.333. The second-order valence-electron chi connectivity index (χ2n) is 7.66. The first kappa shape index (κ1) is 20.8. The summed E-state index contributed by atoms with van der Waals surface area (Å²) in [6.07, 6.45) is 0. The van der Waals surface area contributed by atoms with E-state index in [1.54, 1.807) is 35.1 Å². The summed E-state index contributed by atoms with van der Waals surface area (Å²) in [6, 6.07) is 11.0. The van der Waals surface area contributed by atoms with E-state index in [9.17, 15) is 9.59 Å². The molecule has 0 radical (unpaired) electrons. The predicted molar refractivity (Wildman–Crippen MR) is 117 cm³/mol. The molecule has 7 heteroatoms. The maximum Gasteiger partial charge on any atom is 0.290 e. The number of amides is 2. The van der Waals surface area contributed by atoms with Gasteiger partial charge in [-0.2, -0.15) is 0 Å². The van der Waals surface area contributed by atoms with E-state index in [0.29, 0.717) is 49.0 Å². The molecule has 2 amide bonds. The molecule has 0 unspecified atom stereocenters. The molecule has 3 aromatic rings. The van der Waals surface area contributed by atoms with Gasteiger partial charge >= 0.3 is 0 Å². The Morgan fingerprint density at radius 3 is 2.19 bits per heavy atom. The van der Waals surface area contributed by atoms with Crippen molar-refractivity contribution in [3.05, 3.63) is 58.8 Å². The lowest BCUT2D eigenvalue weighted by Crippen LogP contribution is -2.50. The molecule has 1 aliphatic rings. The molecule has 1 saturated heterocycles. The van der Waals surface area contributed by atoms with Gasteiger partial charge in [0, 0.05) is 43.2 Å². The fourth-order valence-corrected chi connectivity index (χ4v) is 3.99. The molecule has 7 nitrogen and oxygen atoms in total. The molecule has 162 valence electrons. The van der Waals surface area contributed by atoms with Gasteiger partial charge in [-0.3, -0.25) is 9.59 Å². The summed E-state index contributed by atoms with van der Waals surface area (Å²) in [5, 5.41) is 0.962. The van der Waals surface area contributed by atoms with Crippen molar-refractivity contribution in [2.75, 3.05) is 40.4 Å². The highest BCUT2D eigenvalue weighted by Gasteiger charge is 2.29. The molecule has 31 heavy (non-hydrogen) atoms. The Hall–Kier alpha value is -3.48. The maximum absolute atomic E-state index is 13.1. The number of piperazine rings is 1. The van der Waals surface area contributed by atoms with Crippen LogP contribution in [0.5, 0.6) is 11.5 Å². The molecule has 4 rings (SSSR count). The third-order valence-corrected chi connectivity index (χ3v) is 5.85. The first-order valence-corrected chi connectivity index (χ1v) is 10.2. The highest BCUT2D eigenvalue weighted by Crippen LogP contribution is 2.29. The zero-order valence-electron chi connectivity index (χ0n) is 18.2. The van der Waals surface area contributed by atoms with Gasteiger partial charge in [0.05, 0.1) is 19.8 Å². The second-order valence-corrected chi connectivity index (χ2v) is 7.66. The van der Waals surface area contributed by atoms with E-state index in [-0.39, 0.29) is 11.8 Å². The SMILES string of the molecule is COc1ccc(C(=O)N2CCN(C(=O)c3oc4c(C)cccc4c3C)CC2)c(OC)c1. The van der Waals surface area contributed by atoms with Gasteiger partial charge in [-0.15, -0.1) is 0 Å². The van der Waals surface area contributed by atoms with Gasteiger partial charge in [-0.05, 0) is 31.5 Å². The summed E-state index contributed by atoms with van der Waals surface area (Å²) in [6.45, 7) is 5.65. The number of carbonyl (C=O) groups excluding carboxylic acids is 2. The number of benzene rings is 2. The van der Waals surface area contributed by atoms with Crippen LogP contribution in [0.15, 0.2) is 40.8 Å².